The van der Waals surface area contributed by atoms with Crippen molar-refractivity contribution in [2.45, 2.75) is 25.8 Å². The second kappa shape index (κ2) is 5.57. The van der Waals surface area contributed by atoms with Gasteiger partial charge in [-0.05, 0) is 31.0 Å². The molecule has 0 radical (unpaired) electrons. The summed E-state index contributed by atoms with van der Waals surface area (Å²) in [5, 5.41) is 2.82. The lowest BCUT2D eigenvalue weighted by molar-refractivity contribution is -0.134. The second-order valence-corrected chi connectivity index (χ2v) is 4.58. The lowest BCUT2D eigenvalue weighted by Gasteiger charge is -2.22. The number of anilines is 1. The molecule has 4 heteroatoms. The highest BCUT2D eigenvalue weighted by molar-refractivity contribution is 5.97. The number of nitrogens with one attached hydrogen (secondary N) is 1. The third-order valence-corrected chi connectivity index (χ3v) is 3.26. The molecule has 2 amide bonds. The highest BCUT2D eigenvalue weighted by Gasteiger charge is 2.32. The van der Waals surface area contributed by atoms with Gasteiger partial charge in [-0.2, -0.15) is 0 Å². The van der Waals surface area contributed by atoms with Crippen LogP contribution in [0.15, 0.2) is 24.3 Å². The van der Waals surface area contributed by atoms with E-state index in [1.807, 2.05) is 0 Å². The molecule has 0 spiro atoms. The van der Waals surface area contributed by atoms with Gasteiger partial charge in [0.1, 0.15) is 6.04 Å². The van der Waals surface area contributed by atoms with Crippen molar-refractivity contribution in [1.82, 2.24) is 4.90 Å². The molecule has 1 aliphatic rings. The van der Waals surface area contributed by atoms with E-state index in [4.69, 9.17) is 6.42 Å². The zero-order valence-corrected chi connectivity index (χ0v) is 10.8. The molecule has 1 atom stereocenters. The number of hydrogen-bond donors (Lipinski definition) is 1. The Morgan fingerprint density at radius 2 is 2.26 bits per heavy atom. The zero-order chi connectivity index (χ0) is 13.8. The Balaban J connectivity index is 2.08. The first-order valence-electron chi connectivity index (χ1n) is 6.26. The van der Waals surface area contributed by atoms with Crippen molar-refractivity contribution in [3.05, 3.63) is 29.8 Å². The third kappa shape index (κ3) is 2.94. The summed E-state index contributed by atoms with van der Waals surface area (Å²) in [7, 11) is 0. The van der Waals surface area contributed by atoms with Gasteiger partial charge in [0.25, 0.3) is 0 Å². The summed E-state index contributed by atoms with van der Waals surface area (Å²) in [6.07, 6.45) is 6.89. The Morgan fingerprint density at radius 1 is 1.47 bits per heavy atom. The van der Waals surface area contributed by atoms with Crippen LogP contribution < -0.4 is 5.32 Å². The maximum absolute atomic E-state index is 12.2. The van der Waals surface area contributed by atoms with Crippen molar-refractivity contribution in [2.75, 3.05) is 11.9 Å². The van der Waals surface area contributed by atoms with Crippen LogP contribution in [0.2, 0.25) is 0 Å². The monoisotopic (exact) mass is 256 g/mol. The number of likely N-dealkylation sites (tertiary alicyclic amines) is 1. The van der Waals surface area contributed by atoms with Gasteiger partial charge >= 0.3 is 0 Å². The van der Waals surface area contributed by atoms with Gasteiger partial charge < -0.3 is 10.2 Å². The molecule has 1 aromatic carbocycles. The van der Waals surface area contributed by atoms with Gasteiger partial charge in [-0.3, -0.25) is 9.59 Å². The smallest absolute Gasteiger partial charge is 0.247 e. The van der Waals surface area contributed by atoms with Crippen LogP contribution in [-0.2, 0) is 9.59 Å². The highest BCUT2D eigenvalue weighted by atomic mass is 16.2. The summed E-state index contributed by atoms with van der Waals surface area (Å²) in [6, 6.07) is 6.75. The van der Waals surface area contributed by atoms with Gasteiger partial charge in [0.05, 0.1) is 0 Å². The van der Waals surface area contributed by atoms with Gasteiger partial charge in [-0.1, -0.05) is 12.0 Å². The number of hydrogen-bond acceptors (Lipinski definition) is 2. The lowest BCUT2D eigenvalue weighted by Crippen LogP contribution is -2.42. The topological polar surface area (TPSA) is 49.4 Å². The number of benzene rings is 1. The van der Waals surface area contributed by atoms with E-state index in [-0.39, 0.29) is 17.9 Å². The van der Waals surface area contributed by atoms with Crippen LogP contribution in [0.3, 0.4) is 0 Å². The highest BCUT2D eigenvalue weighted by Crippen LogP contribution is 2.19. The van der Waals surface area contributed by atoms with Crippen molar-refractivity contribution in [2.24, 2.45) is 0 Å². The first kappa shape index (κ1) is 13.2. The van der Waals surface area contributed by atoms with Gasteiger partial charge in [0.15, 0.2) is 0 Å². The van der Waals surface area contributed by atoms with Crippen molar-refractivity contribution in [3.63, 3.8) is 0 Å². The largest absolute Gasteiger partial charge is 0.331 e. The summed E-state index contributed by atoms with van der Waals surface area (Å²) in [4.78, 5) is 25.2. The molecular weight excluding hydrogens is 240 g/mol. The van der Waals surface area contributed by atoms with Crippen LogP contribution in [0.4, 0.5) is 5.69 Å². The zero-order valence-electron chi connectivity index (χ0n) is 10.8. The minimum atomic E-state index is -0.369. The maximum atomic E-state index is 12.2. The fourth-order valence-electron chi connectivity index (χ4n) is 2.33. The molecule has 1 N–H and O–H groups in total. The van der Waals surface area contributed by atoms with Gasteiger partial charge in [0, 0.05) is 24.7 Å². The fourth-order valence-corrected chi connectivity index (χ4v) is 2.33. The van der Waals surface area contributed by atoms with E-state index in [0.29, 0.717) is 24.2 Å². The third-order valence-electron chi connectivity index (χ3n) is 3.26. The molecule has 19 heavy (non-hydrogen) atoms. The Bertz CT molecular complexity index is 545. The fraction of sp³-hybridized carbons (Fsp3) is 0.333. The number of terminal acetylenes is 1. The van der Waals surface area contributed by atoms with Crippen LogP contribution in [0, 0.1) is 12.3 Å². The molecule has 0 aliphatic carbocycles. The van der Waals surface area contributed by atoms with Crippen LogP contribution in [0.1, 0.15) is 25.3 Å². The molecule has 1 aromatic rings. The van der Waals surface area contributed by atoms with E-state index in [0.717, 1.165) is 6.42 Å². The molecule has 1 unspecified atom stereocenters. The van der Waals surface area contributed by atoms with Crippen molar-refractivity contribution in [1.29, 1.82) is 0 Å². The second-order valence-electron chi connectivity index (χ2n) is 4.58. The van der Waals surface area contributed by atoms with Gasteiger partial charge in [-0.15, -0.1) is 6.42 Å². The van der Waals surface area contributed by atoms with E-state index in [1.165, 1.54) is 6.92 Å². The first-order valence-corrected chi connectivity index (χ1v) is 6.26. The lowest BCUT2D eigenvalue weighted by atomic mass is 10.1. The number of amides is 2. The van der Waals surface area contributed by atoms with Crippen molar-refractivity contribution < 1.29 is 9.59 Å². The first-order chi connectivity index (χ1) is 9.11. The average Bonchev–Trinajstić information content (AvgIpc) is 2.88. The average molecular weight is 256 g/mol. The number of rotatable bonds is 2. The quantitative estimate of drug-likeness (QED) is 0.817. The number of carbonyl (C=O) groups is 2. The molecule has 4 nitrogen and oxygen atoms in total. The Morgan fingerprint density at radius 3 is 2.95 bits per heavy atom. The molecule has 0 saturated carbocycles. The maximum Gasteiger partial charge on any atom is 0.247 e. The summed E-state index contributed by atoms with van der Waals surface area (Å²) in [5.41, 5.74) is 1.38. The summed E-state index contributed by atoms with van der Waals surface area (Å²) in [6.45, 7) is 2.14. The molecule has 1 saturated heterocycles. The normalized spacial score (nSPS) is 17.9. The van der Waals surface area contributed by atoms with Crippen LogP contribution >= 0.6 is 0 Å². The van der Waals surface area contributed by atoms with E-state index in [9.17, 15) is 9.59 Å². The van der Waals surface area contributed by atoms with E-state index >= 15 is 0 Å². The van der Waals surface area contributed by atoms with E-state index in [2.05, 4.69) is 11.2 Å². The SMILES string of the molecule is C#Cc1cccc(NC(=O)C2CCCN2C(C)=O)c1. The molecular formula is C15H16N2O2. The summed E-state index contributed by atoms with van der Waals surface area (Å²) < 4.78 is 0. The van der Waals surface area contributed by atoms with Crippen molar-refractivity contribution in [3.8, 4) is 12.3 Å². The molecule has 0 bridgehead atoms. The molecule has 1 heterocycles. The standard InChI is InChI=1S/C15H16N2O2/c1-3-12-6-4-7-13(10-12)16-15(19)14-8-5-9-17(14)11(2)18/h1,4,6-7,10,14H,5,8-9H2,2H3,(H,16,19). The molecule has 98 valence electrons. The minimum absolute atomic E-state index is 0.0602. The van der Waals surface area contributed by atoms with Gasteiger partial charge in [0.2, 0.25) is 11.8 Å². The van der Waals surface area contributed by atoms with E-state index < -0.39 is 0 Å². The van der Waals surface area contributed by atoms with Crippen LogP contribution in [0.25, 0.3) is 0 Å². The predicted octanol–water partition coefficient (Wildman–Crippen LogP) is 1.62. The van der Waals surface area contributed by atoms with Crippen LogP contribution in [0.5, 0.6) is 0 Å². The number of carbonyl (C=O) groups excluding carboxylic acids is 2. The molecule has 2 rings (SSSR count). The van der Waals surface area contributed by atoms with Crippen molar-refractivity contribution >= 4 is 17.5 Å². The molecule has 0 aromatic heterocycles. The minimum Gasteiger partial charge on any atom is -0.331 e. The molecule has 1 aliphatic heterocycles. The Hall–Kier alpha value is -2.28. The predicted molar refractivity (Wildman–Crippen MR) is 73.4 cm³/mol. The van der Waals surface area contributed by atoms with E-state index in [1.54, 1.807) is 29.2 Å². The Labute approximate surface area is 112 Å². The Kier molecular flexibility index (Phi) is 3.86. The number of nitrogens with zero attached hydrogens (tertiary/aromatic N) is 1. The van der Waals surface area contributed by atoms with Crippen LogP contribution in [-0.4, -0.2) is 29.3 Å². The van der Waals surface area contributed by atoms with Gasteiger partial charge in [-0.25, -0.2) is 0 Å². The molecule has 1 fully saturated rings. The summed E-state index contributed by atoms with van der Waals surface area (Å²) >= 11 is 0. The summed E-state index contributed by atoms with van der Waals surface area (Å²) in [5.74, 6) is 2.31.